The number of nitrogens with one attached hydrogen (secondary N) is 5. The first-order valence-electron chi connectivity index (χ1n) is 24.2. The molecule has 0 saturated carbocycles. The van der Waals surface area contributed by atoms with Crippen LogP contribution >= 0.6 is 0 Å². The highest BCUT2D eigenvalue weighted by molar-refractivity contribution is 5.99. The zero-order chi connectivity index (χ0) is 53.9. The van der Waals surface area contributed by atoms with E-state index in [-0.39, 0.29) is 30.7 Å². The van der Waals surface area contributed by atoms with E-state index in [9.17, 15) is 14.4 Å². The van der Waals surface area contributed by atoms with E-state index >= 15 is 0 Å². The van der Waals surface area contributed by atoms with Gasteiger partial charge in [0.2, 0.25) is 0 Å². The second-order valence-electron chi connectivity index (χ2n) is 13.8. The SMILES string of the molecule is CC.CC.CC.CCO.CCO.CO.NCc1ccccc1.O=C(NCc1ccccc1)c1cc2ccccc2[nH]1.O=C(NCc1ccccc1)c1cc2ccccc2[nH]1.O=C(O)c1cc2ccccc2[nH]1. The van der Waals surface area contributed by atoms with E-state index in [0.29, 0.717) is 31.0 Å². The van der Waals surface area contributed by atoms with Crippen LogP contribution in [0.25, 0.3) is 32.7 Å². The highest BCUT2D eigenvalue weighted by atomic mass is 16.4. The van der Waals surface area contributed by atoms with E-state index in [0.717, 1.165) is 50.9 Å². The van der Waals surface area contributed by atoms with Crippen molar-refractivity contribution in [3.8, 4) is 0 Å². The Morgan fingerprint density at radius 1 is 0.431 bits per heavy atom. The molecule has 3 heterocycles. The van der Waals surface area contributed by atoms with Crippen molar-refractivity contribution < 1.29 is 34.8 Å². The molecular weight excluding hydrogens is 905 g/mol. The molecule has 0 spiro atoms. The number of aromatic amines is 3. The smallest absolute Gasteiger partial charge is 0.352 e. The maximum atomic E-state index is 12.0. The van der Waals surface area contributed by atoms with Gasteiger partial charge in [-0.15, -0.1) is 0 Å². The Labute approximate surface area is 426 Å². The minimum atomic E-state index is -0.925. The van der Waals surface area contributed by atoms with Crippen molar-refractivity contribution in [1.82, 2.24) is 25.6 Å². The lowest BCUT2D eigenvalue weighted by molar-refractivity contribution is 0.0691. The maximum absolute atomic E-state index is 12.0. The zero-order valence-electron chi connectivity index (χ0n) is 43.4. The largest absolute Gasteiger partial charge is 0.477 e. The molecule has 0 atom stereocenters. The molecule has 0 radical (unpaired) electrons. The number of aliphatic hydroxyl groups excluding tert-OH is 3. The third kappa shape index (κ3) is 24.7. The van der Waals surface area contributed by atoms with Gasteiger partial charge in [-0.25, -0.2) is 4.79 Å². The van der Waals surface area contributed by atoms with Crippen molar-refractivity contribution in [2.24, 2.45) is 5.73 Å². The number of aliphatic hydroxyl groups is 3. The van der Waals surface area contributed by atoms with Crippen LogP contribution in [0.2, 0.25) is 0 Å². The summed E-state index contributed by atoms with van der Waals surface area (Å²) in [6, 6.07) is 58.3. The van der Waals surface area contributed by atoms with Crippen LogP contribution in [-0.2, 0) is 19.6 Å². The Balaban J connectivity index is 0.000000887. The monoisotopic (exact) mass is 983 g/mol. The van der Waals surface area contributed by atoms with E-state index in [2.05, 4.69) is 25.6 Å². The van der Waals surface area contributed by atoms with Gasteiger partial charge in [0.25, 0.3) is 11.8 Å². The summed E-state index contributed by atoms with van der Waals surface area (Å²) in [5.41, 5.74) is 13.0. The topological polar surface area (TPSA) is 230 Å². The summed E-state index contributed by atoms with van der Waals surface area (Å²) in [4.78, 5) is 43.7. The summed E-state index contributed by atoms with van der Waals surface area (Å²) in [5.74, 6) is -1.09. The number of aromatic nitrogens is 3. The molecule has 0 bridgehead atoms. The Morgan fingerprint density at radius 2 is 0.681 bits per heavy atom. The van der Waals surface area contributed by atoms with Crippen LogP contribution in [0.4, 0.5) is 0 Å². The summed E-state index contributed by atoms with van der Waals surface area (Å²) >= 11 is 0. The standard InChI is InChI=1S/2C16H14N2O.C9H7NO2.C7H9N.2C2H6O.3C2H6.CH4O/c2*19-16(17-11-12-6-2-1-3-7-12)15-10-13-8-4-5-9-14(13)18-15;11-9(12)8-5-6-3-1-2-4-7(6)10-8;8-6-7-4-2-1-3-5-7;2*1-2-3;4*1-2/h2*1-10,18H,11H2,(H,17,19);1-5,10H,(H,11,12);1-5H,6,8H2;2*3H,2H2,1H3;3*1-2H3;2H,1H3. The molecule has 13 heteroatoms. The highest BCUT2D eigenvalue weighted by Crippen LogP contribution is 2.16. The molecule has 0 aliphatic heterocycles. The zero-order valence-corrected chi connectivity index (χ0v) is 43.4. The van der Waals surface area contributed by atoms with Gasteiger partial charge < -0.3 is 51.7 Å². The third-order valence-electron chi connectivity index (χ3n) is 8.98. The first-order valence-corrected chi connectivity index (χ1v) is 24.2. The fourth-order valence-electron chi connectivity index (χ4n) is 5.94. The van der Waals surface area contributed by atoms with Crippen molar-refractivity contribution in [3.63, 3.8) is 0 Å². The van der Waals surface area contributed by atoms with Crippen LogP contribution in [0.15, 0.2) is 182 Å². The molecule has 0 saturated heterocycles. The average molecular weight is 983 g/mol. The number of fused-ring (bicyclic) bond motifs is 3. The number of carbonyl (C=O) groups excluding carboxylic acids is 2. The van der Waals surface area contributed by atoms with Crippen LogP contribution in [-0.4, -0.2) is 73.5 Å². The van der Waals surface area contributed by atoms with Gasteiger partial charge in [-0.1, -0.05) is 187 Å². The maximum Gasteiger partial charge on any atom is 0.352 e. The van der Waals surface area contributed by atoms with Gasteiger partial charge in [0.15, 0.2) is 0 Å². The van der Waals surface area contributed by atoms with Crippen molar-refractivity contribution in [3.05, 3.63) is 216 Å². The Bertz CT molecular complexity index is 2510. The van der Waals surface area contributed by atoms with Gasteiger partial charge in [0, 0.05) is 72.7 Å². The Kier molecular flexibility index (Phi) is 36.6. The molecule has 0 aliphatic rings. The van der Waals surface area contributed by atoms with Crippen LogP contribution in [0.5, 0.6) is 0 Å². The van der Waals surface area contributed by atoms with Crippen molar-refractivity contribution in [1.29, 1.82) is 0 Å². The molecule has 6 aromatic carbocycles. The number of rotatable bonds is 8. The lowest BCUT2D eigenvalue weighted by Crippen LogP contribution is -2.22. The fraction of sp³-hybridized carbons (Fsp3) is 0.237. The second-order valence-corrected chi connectivity index (χ2v) is 13.8. The van der Waals surface area contributed by atoms with Crippen molar-refractivity contribution >= 4 is 50.5 Å². The van der Waals surface area contributed by atoms with Gasteiger partial charge in [-0.3, -0.25) is 9.59 Å². The lowest BCUT2D eigenvalue weighted by Gasteiger charge is -2.03. The first-order chi connectivity index (χ1) is 35.2. The predicted octanol–water partition coefficient (Wildman–Crippen LogP) is 11.9. The molecule has 13 nitrogen and oxygen atoms in total. The number of carboxylic acid groups (broad SMARTS) is 1. The Morgan fingerprint density at radius 3 is 0.944 bits per heavy atom. The van der Waals surface area contributed by atoms with Gasteiger partial charge in [-0.05, 0) is 66.9 Å². The molecule has 11 N–H and O–H groups in total. The first kappa shape index (κ1) is 64.2. The number of benzene rings is 6. The second kappa shape index (κ2) is 41.0. The summed E-state index contributed by atoms with van der Waals surface area (Å²) in [5, 5.41) is 39.6. The van der Waals surface area contributed by atoms with Crippen LogP contribution in [0.3, 0.4) is 0 Å². The van der Waals surface area contributed by atoms with Crippen molar-refractivity contribution in [2.45, 2.75) is 75.0 Å². The molecule has 0 aliphatic carbocycles. The van der Waals surface area contributed by atoms with E-state index in [1.165, 1.54) is 5.56 Å². The van der Waals surface area contributed by atoms with Crippen LogP contribution in [0, 0.1) is 0 Å². The molecule has 9 rings (SSSR count). The van der Waals surface area contributed by atoms with Crippen LogP contribution < -0.4 is 16.4 Å². The van der Waals surface area contributed by atoms with Gasteiger partial charge in [-0.2, -0.15) is 0 Å². The van der Waals surface area contributed by atoms with E-state index in [1.807, 2.05) is 217 Å². The molecule has 9 aromatic rings. The number of hydrogen-bond acceptors (Lipinski definition) is 7. The number of amides is 2. The van der Waals surface area contributed by atoms with E-state index in [1.54, 1.807) is 19.9 Å². The quantitative estimate of drug-likeness (QED) is 0.0702. The number of carboxylic acids is 1. The average Bonchev–Trinajstić information content (AvgIpc) is 4.22. The number of aromatic carboxylic acids is 1. The van der Waals surface area contributed by atoms with Gasteiger partial charge >= 0.3 is 5.97 Å². The van der Waals surface area contributed by atoms with Crippen molar-refractivity contribution in [2.75, 3.05) is 20.3 Å². The minimum absolute atomic E-state index is 0.0833. The van der Waals surface area contributed by atoms with Gasteiger partial charge in [0.1, 0.15) is 17.1 Å². The fourth-order valence-corrected chi connectivity index (χ4v) is 5.94. The lowest BCUT2D eigenvalue weighted by atomic mass is 10.2. The molecule has 386 valence electrons. The van der Waals surface area contributed by atoms with Crippen LogP contribution in [0.1, 0.15) is 104 Å². The summed E-state index contributed by atoms with van der Waals surface area (Å²) in [7, 11) is 1.00. The number of carbonyl (C=O) groups is 3. The molecule has 0 unspecified atom stereocenters. The third-order valence-corrected chi connectivity index (χ3v) is 8.98. The predicted molar refractivity (Wildman–Crippen MR) is 299 cm³/mol. The molecule has 0 fully saturated rings. The summed E-state index contributed by atoms with van der Waals surface area (Å²) in [6.45, 7) is 17.6. The summed E-state index contributed by atoms with van der Waals surface area (Å²) in [6.07, 6.45) is 0. The highest BCUT2D eigenvalue weighted by Gasteiger charge is 2.10. The number of para-hydroxylation sites is 3. The van der Waals surface area contributed by atoms with Gasteiger partial charge in [0.05, 0.1) is 0 Å². The van der Waals surface area contributed by atoms with E-state index < -0.39 is 5.97 Å². The number of H-pyrrole nitrogens is 3. The number of hydrogen-bond donors (Lipinski definition) is 10. The summed E-state index contributed by atoms with van der Waals surface area (Å²) < 4.78 is 0. The molecule has 72 heavy (non-hydrogen) atoms. The molecular formula is C59H78N6O7. The molecule has 2 amide bonds. The normalized spacial score (nSPS) is 9.12. The Hall–Kier alpha value is -7.81. The van der Waals surface area contributed by atoms with E-state index in [4.69, 9.17) is 26.2 Å². The molecule has 3 aromatic heterocycles. The number of nitrogens with two attached hydrogens (primary N) is 1. The minimum Gasteiger partial charge on any atom is -0.477 e.